The van der Waals surface area contributed by atoms with E-state index < -0.39 is 4.92 Å². The number of hydrogen-bond donors (Lipinski definition) is 3. The molecule has 1 rings (SSSR count). The number of aryl methyl sites for hydroxylation is 1. The molecule has 0 saturated heterocycles. The molecule has 0 amide bonds. The van der Waals surface area contributed by atoms with Gasteiger partial charge in [0.2, 0.25) is 0 Å². The van der Waals surface area contributed by atoms with E-state index >= 15 is 0 Å². The first-order valence-corrected chi connectivity index (χ1v) is 6.62. The highest BCUT2D eigenvalue weighted by atomic mass is 32.2. The molecular weight excluding hydrogens is 254 g/mol. The largest absolute Gasteiger partial charge is 0.370 e. The number of aromatic amines is 1. The van der Waals surface area contributed by atoms with E-state index in [1.54, 1.807) is 25.1 Å². The molecule has 18 heavy (non-hydrogen) atoms. The Morgan fingerprint density at radius 1 is 1.72 bits per heavy atom. The zero-order valence-electron chi connectivity index (χ0n) is 10.4. The van der Waals surface area contributed by atoms with Crippen LogP contribution in [0.1, 0.15) is 11.4 Å². The van der Waals surface area contributed by atoms with Gasteiger partial charge in [-0.1, -0.05) is 0 Å². The molecule has 1 aromatic heterocycles. The fourth-order valence-corrected chi connectivity index (χ4v) is 2.14. The predicted molar refractivity (Wildman–Crippen MR) is 71.6 cm³/mol. The Hall–Kier alpha value is -1.70. The van der Waals surface area contributed by atoms with Gasteiger partial charge in [0.25, 0.3) is 6.20 Å². The average Bonchev–Trinajstić information content (AvgIpc) is 2.72. The maximum atomic E-state index is 10.3. The van der Waals surface area contributed by atoms with Crippen LogP contribution in [0, 0.1) is 17.0 Å². The molecule has 0 fully saturated rings. The van der Waals surface area contributed by atoms with Crippen LogP contribution in [0.15, 0.2) is 18.3 Å². The summed E-state index contributed by atoms with van der Waals surface area (Å²) >= 11 is 1.73. The summed E-state index contributed by atoms with van der Waals surface area (Å²) in [7, 11) is 1.64. The molecule has 0 unspecified atom stereocenters. The number of thioether (sulfide) groups is 1. The number of rotatable bonds is 8. The van der Waals surface area contributed by atoms with Gasteiger partial charge in [0.1, 0.15) is 0 Å². The van der Waals surface area contributed by atoms with Gasteiger partial charge < -0.3 is 15.6 Å². The van der Waals surface area contributed by atoms with E-state index in [1.165, 1.54) is 0 Å². The normalized spacial score (nSPS) is 11.3. The Balaban J connectivity index is 2.19. The first-order valence-electron chi connectivity index (χ1n) is 5.47. The average molecular weight is 271 g/mol. The second-order valence-electron chi connectivity index (χ2n) is 3.53. The van der Waals surface area contributed by atoms with Crippen molar-refractivity contribution in [3.05, 3.63) is 39.9 Å². The lowest BCUT2D eigenvalue weighted by Crippen LogP contribution is -2.26. The Morgan fingerprint density at radius 2 is 2.50 bits per heavy atom. The van der Waals surface area contributed by atoms with E-state index in [2.05, 4.69) is 20.6 Å². The summed E-state index contributed by atoms with van der Waals surface area (Å²) in [5, 5.41) is 16.0. The third-order valence-electron chi connectivity index (χ3n) is 2.24. The Kier molecular flexibility index (Phi) is 6.06. The van der Waals surface area contributed by atoms with E-state index in [0.717, 1.165) is 29.1 Å². The van der Waals surface area contributed by atoms with Crippen LogP contribution in [-0.2, 0) is 5.75 Å². The van der Waals surface area contributed by atoms with E-state index in [9.17, 15) is 10.1 Å². The van der Waals surface area contributed by atoms with Gasteiger partial charge in [0.05, 0.1) is 16.9 Å². The van der Waals surface area contributed by atoms with Crippen molar-refractivity contribution in [2.75, 3.05) is 19.3 Å². The van der Waals surface area contributed by atoms with Crippen molar-refractivity contribution < 1.29 is 4.92 Å². The SMILES string of the molecule is CNC(=C[N+](=O)[O-])NCCSCc1nc[nH]c1C. The van der Waals surface area contributed by atoms with Gasteiger partial charge in [0.15, 0.2) is 5.82 Å². The second-order valence-corrected chi connectivity index (χ2v) is 4.64. The lowest BCUT2D eigenvalue weighted by molar-refractivity contribution is -0.404. The molecule has 8 heteroatoms. The van der Waals surface area contributed by atoms with Gasteiger partial charge in [-0.2, -0.15) is 11.8 Å². The van der Waals surface area contributed by atoms with Crippen LogP contribution in [-0.4, -0.2) is 34.2 Å². The maximum Gasteiger partial charge on any atom is 0.274 e. The van der Waals surface area contributed by atoms with Crippen molar-refractivity contribution in [3.8, 4) is 0 Å². The first kappa shape index (κ1) is 14.4. The molecule has 0 aliphatic carbocycles. The number of nitrogens with zero attached hydrogens (tertiary/aromatic N) is 2. The van der Waals surface area contributed by atoms with Crippen LogP contribution in [0.4, 0.5) is 0 Å². The summed E-state index contributed by atoms with van der Waals surface area (Å²) in [6, 6.07) is 0. The molecule has 1 heterocycles. The third kappa shape index (κ3) is 5.09. The number of imidazole rings is 1. The van der Waals surface area contributed by atoms with Crippen LogP contribution in [0.3, 0.4) is 0 Å². The molecule has 1 aromatic rings. The van der Waals surface area contributed by atoms with Gasteiger partial charge >= 0.3 is 0 Å². The van der Waals surface area contributed by atoms with Crippen molar-refractivity contribution in [2.24, 2.45) is 0 Å². The number of aromatic nitrogens is 2. The highest BCUT2D eigenvalue weighted by molar-refractivity contribution is 7.98. The number of nitro groups is 1. The van der Waals surface area contributed by atoms with Crippen molar-refractivity contribution in [1.29, 1.82) is 0 Å². The van der Waals surface area contributed by atoms with E-state index in [-0.39, 0.29) is 0 Å². The molecule has 3 N–H and O–H groups in total. The molecule has 0 bridgehead atoms. The lowest BCUT2D eigenvalue weighted by atomic mass is 10.4. The van der Waals surface area contributed by atoms with Gasteiger partial charge in [-0.05, 0) is 6.92 Å². The minimum absolute atomic E-state index is 0.413. The highest BCUT2D eigenvalue weighted by Gasteiger charge is 2.02. The first-order chi connectivity index (χ1) is 8.63. The minimum atomic E-state index is -0.487. The molecular formula is C10H17N5O2S. The fourth-order valence-electron chi connectivity index (χ4n) is 1.26. The summed E-state index contributed by atoms with van der Waals surface area (Å²) in [4.78, 5) is 17.0. The molecule has 0 spiro atoms. The molecule has 0 aliphatic heterocycles. The van der Waals surface area contributed by atoms with Crippen molar-refractivity contribution in [3.63, 3.8) is 0 Å². The summed E-state index contributed by atoms with van der Waals surface area (Å²) in [6.45, 7) is 2.65. The molecule has 7 nitrogen and oxygen atoms in total. The van der Waals surface area contributed by atoms with Crippen molar-refractivity contribution in [1.82, 2.24) is 20.6 Å². The predicted octanol–water partition coefficient (Wildman–Crippen LogP) is 0.836. The summed E-state index contributed by atoms with van der Waals surface area (Å²) in [5.41, 5.74) is 2.13. The molecule has 0 aliphatic rings. The molecule has 100 valence electrons. The Bertz CT molecular complexity index is 418. The Morgan fingerprint density at radius 3 is 3.06 bits per heavy atom. The number of hydrogen-bond acceptors (Lipinski definition) is 6. The summed E-state index contributed by atoms with van der Waals surface area (Å²) in [5.74, 6) is 2.10. The van der Waals surface area contributed by atoms with Crippen LogP contribution in [0.5, 0.6) is 0 Å². The van der Waals surface area contributed by atoms with Crippen LogP contribution >= 0.6 is 11.8 Å². The van der Waals surface area contributed by atoms with Crippen LogP contribution < -0.4 is 10.6 Å². The molecule has 0 aromatic carbocycles. The van der Waals surface area contributed by atoms with Gasteiger partial charge in [-0.15, -0.1) is 0 Å². The van der Waals surface area contributed by atoms with E-state index in [1.807, 2.05) is 6.92 Å². The standard InChI is InChI=1S/C10H17N5O2S/c1-8-9(14-7-13-8)6-18-4-3-12-10(11-2)5-15(16)17/h5,7,11-12H,3-4,6H2,1-2H3,(H,13,14). The summed E-state index contributed by atoms with van der Waals surface area (Å²) < 4.78 is 0. The zero-order valence-corrected chi connectivity index (χ0v) is 11.2. The lowest BCUT2D eigenvalue weighted by Gasteiger charge is -2.07. The van der Waals surface area contributed by atoms with Crippen molar-refractivity contribution >= 4 is 11.8 Å². The minimum Gasteiger partial charge on any atom is -0.370 e. The van der Waals surface area contributed by atoms with Crippen LogP contribution in [0.2, 0.25) is 0 Å². The molecule has 0 saturated carbocycles. The van der Waals surface area contributed by atoms with E-state index in [0.29, 0.717) is 12.4 Å². The molecule has 0 atom stereocenters. The van der Waals surface area contributed by atoms with Gasteiger partial charge in [-0.25, -0.2) is 4.98 Å². The highest BCUT2D eigenvalue weighted by Crippen LogP contribution is 2.11. The maximum absolute atomic E-state index is 10.3. The van der Waals surface area contributed by atoms with Crippen molar-refractivity contribution in [2.45, 2.75) is 12.7 Å². The van der Waals surface area contributed by atoms with Crippen LogP contribution in [0.25, 0.3) is 0 Å². The van der Waals surface area contributed by atoms with E-state index in [4.69, 9.17) is 0 Å². The zero-order chi connectivity index (χ0) is 13.4. The molecule has 0 radical (unpaired) electrons. The number of nitrogens with one attached hydrogen (secondary N) is 3. The second kappa shape index (κ2) is 7.59. The fraction of sp³-hybridized carbons (Fsp3) is 0.500. The topological polar surface area (TPSA) is 95.9 Å². The quantitative estimate of drug-likeness (QED) is 0.368. The smallest absolute Gasteiger partial charge is 0.274 e. The third-order valence-corrected chi connectivity index (χ3v) is 3.21. The monoisotopic (exact) mass is 271 g/mol. The number of H-pyrrole nitrogens is 1. The summed E-state index contributed by atoms with van der Waals surface area (Å²) in [6.07, 6.45) is 2.60. The Labute approximate surface area is 110 Å². The van der Waals surface area contributed by atoms with Gasteiger partial charge in [0, 0.05) is 30.8 Å². The van der Waals surface area contributed by atoms with Gasteiger partial charge in [-0.3, -0.25) is 10.1 Å².